The highest BCUT2D eigenvalue weighted by Gasteiger charge is 2.18. The van der Waals surface area contributed by atoms with Crippen molar-refractivity contribution in [1.82, 2.24) is 0 Å². The molecule has 0 aliphatic rings. The Hall–Kier alpha value is -5.59. The van der Waals surface area contributed by atoms with Crippen molar-refractivity contribution in [2.24, 2.45) is 0 Å². The second-order valence-electron chi connectivity index (χ2n) is 10.0. The van der Waals surface area contributed by atoms with Crippen molar-refractivity contribution < 1.29 is 8.83 Å². The smallest absolute Gasteiger partial charge is 0.136 e. The predicted octanol–water partition coefficient (Wildman–Crippen LogP) is 10.4. The molecule has 3 heteroatoms. The minimum absolute atomic E-state index is 0.627. The van der Waals surface area contributed by atoms with Gasteiger partial charge in [-0.25, -0.2) is 0 Å². The molecule has 0 amide bonds. The van der Waals surface area contributed by atoms with Crippen molar-refractivity contribution in [1.29, 1.82) is 5.26 Å². The number of hydrogen-bond acceptors (Lipinski definition) is 3. The molecule has 0 atom stereocenters. The molecule has 0 fully saturated rings. The molecular weight excluding hydrogens is 490 g/mol. The van der Waals surface area contributed by atoms with Crippen LogP contribution in [0.25, 0.3) is 77.3 Å². The molecule has 2 aromatic heterocycles. The van der Waals surface area contributed by atoms with E-state index in [1.54, 1.807) is 0 Å². The Morgan fingerprint density at radius 1 is 0.400 bits per heavy atom. The van der Waals surface area contributed by atoms with Gasteiger partial charge in [0.2, 0.25) is 0 Å². The van der Waals surface area contributed by atoms with E-state index < -0.39 is 0 Å². The SMILES string of the molecule is N#Cc1c(-c2ccc3c(c2)oc2ccccc23)cc(-c2ccccc2)cc1-c1ccc2oc3ccccc3c2c1. The maximum absolute atomic E-state index is 10.6. The van der Waals surface area contributed by atoms with Crippen LogP contribution in [-0.4, -0.2) is 0 Å². The minimum atomic E-state index is 0.627. The number of rotatable bonds is 3. The summed E-state index contributed by atoms with van der Waals surface area (Å²) < 4.78 is 12.3. The zero-order valence-corrected chi connectivity index (χ0v) is 21.4. The van der Waals surface area contributed by atoms with E-state index in [2.05, 4.69) is 66.7 Å². The third-order valence-corrected chi connectivity index (χ3v) is 7.73. The van der Waals surface area contributed by atoms with Crippen LogP contribution < -0.4 is 0 Å². The first-order chi connectivity index (χ1) is 19.8. The molecule has 0 aliphatic carbocycles. The van der Waals surface area contributed by atoms with Gasteiger partial charge >= 0.3 is 0 Å². The fourth-order valence-corrected chi connectivity index (χ4v) is 5.80. The molecule has 8 rings (SSSR count). The summed E-state index contributed by atoms with van der Waals surface area (Å²) in [5, 5.41) is 14.8. The van der Waals surface area contributed by atoms with Gasteiger partial charge in [-0.1, -0.05) is 78.9 Å². The van der Waals surface area contributed by atoms with Gasteiger partial charge in [0.15, 0.2) is 0 Å². The molecule has 0 N–H and O–H groups in total. The molecule has 186 valence electrons. The van der Waals surface area contributed by atoms with Gasteiger partial charge in [0.1, 0.15) is 28.4 Å². The lowest BCUT2D eigenvalue weighted by Crippen LogP contribution is -1.93. The molecule has 2 heterocycles. The van der Waals surface area contributed by atoms with Gasteiger partial charge in [-0.2, -0.15) is 5.26 Å². The average molecular weight is 512 g/mol. The number of para-hydroxylation sites is 2. The van der Waals surface area contributed by atoms with E-state index in [0.29, 0.717) is 5.56 Å². The minimum Gasteiger partial charge on any atom is -0.456 e. The molecule has 0 aliphatic heterocycles. The van der Waals surface area contributed by atoms with Crippen molar-refractivity contribution in [3.05, 3.63) is 133 Å². The van der Waals surface area contributed by atoms with Crippen molar-refractivity contribution in [2.75, 3.05) is 0 Å². The molecule has 0 saturated heterocycles. The number of benzene rings is 6. The largest absolute Gasteiger partial charge is 0.456 e. The third-order valence-electron chi connectivity index (χ3n) is 7.73. The van der Waals surface area contributed by atoms with Gasteiger partial charge in [-0.05, 0) is 70.8 Å². The number of fused-ring (bicyclic) bond motifs is 6. The maximum Gasteiger partial charge on any atom is 0.136 e. The van der Waals surface area contributed by atoms with Crippen molar-refractivity contribution in [2.45, 2.75) is 0 Å². The summed E-state index contributed by atoms with van der Waals surface area (Å²) in [6, 6.07) is 45.6. The second-order valence-corrected chi connectivity index (χ2v) is 10.0. The quantitative estimate of drug-likeness (QED) is 0.237. The summed E-state index contributed by atoms with van der Waals surface area (Å²) in [6.45, 7) is 0. The molecular formula is C37H21NO2. The Morgan fingerprint density at radius 2 is 0.950 bits per heavy atom. The summed E-state index contributed by atoms with van der Waals surface area (Å²) >= 11 is 0. The van der Waals surface area contributed by atoms with Gasteiger partial charge in [0, 0.05) is 32.7 Å². The third kappa shape index (κ3) is 3.44. The molecule has 0 saturated carbocycles. The van der Waals surface area contributed by atoms with Crippen LogP contribution in [-0.2, 0) is 0 Å². The summed E-state index contributed by atoms with van der Waals surface area (Å²) in [7, 11) is 0. The summed E-state index contributed by atoms with van der Waals surface area (Å²) in [4.78, 5) is 0. The molecule has 6 aromatic carbocycles. The highest BCUT2D eigenvalue weighted by molar-refractivity contribution is 6.08. The molecule has 0 bridgehead atoms. The number of hydrogen-bond donors (Lipinski definition) is 0. The van der Waals surface area contributed by atoms with Gasteiger partial charge in [-0.3, -0.25) is 0 Å². The summed E-state index contributed by atoms with van der Waals surface area (Å²) in [6.07, 6.45) is 0. The van der Waals surface area contributed by atoms with E-state index in [-0.39, 0.29) is 0 Å². The fourth-order valence-electron chi connectivity index (χ4n) is 5.80. The van der Waals surface area contributed by atoms with Crippen molar-refractivity contribution in [3.8, 4) is 39.4 Å². The topological polar surface area (TPSA) is 50.1 Å². The Labute approximate surface area is 230 Å². The lowest BCUT2D eigenvalue weighted by Gasteiger charge is -2.14. The van der Waals surface area contributed by atoms with Crippen LogP contribution in [0.3, 0.4) is 0 Å². The second kappa shape index (κ2) is 8.73. The van der Waals surface area contributed by atoms with Crippen LogP contribution in [0.5, 0.6) is 0 Å². The van der Waals surface area contributed by atoms with Crippen LogP contribution in [0.1, 0.15) is 5.56 Å². The molecule has 0 radical (unpaired) electrons. The number of nitriles is 1. The fraction of sp³-hybridized carbons (Fsp3) is 0. The van der Waals surface area contributed by atoms with E-state index in [9.17, 15) is 5.26 Å². The molecule has 8 aromatic rings. The predicted molar refractivity (Wildman–Crippen MR) is 162 cm³/mol. The van der Waals surface area contributed by atoms with E-state index in [1.807, 2.05) is 66.7 Å². The van der Waals surface area contributed by atoms with E-state index in [0.717, 1.165) is 77.3 Å². The molecule has 0 unspecified atom stereocenters. The summed E-state index contributed by atoms with van der Waals surface area (Å²) in [5.41, 5.74) is 9.79. The number of furan rings is 2. The first kappa shape index (κ1) is 22.4. The van der Waals surface area contributed by atoms with E-state index >= 15 is 0 Å². The van der Waals surface area contributed by atoms with Crippen LogP contribution >= 0.6 is 0 Å². The van der Waals surface area contributed by atoms with Crippen molar-refractivity contribution in [3.63, 3.8) is 0 Å². The van der Waals surface area contributed by atoms with Gasteiger partial charge in [-0.15, -0.1) is 0 Å². The Balaban J connectivity index is 1.40. The van der Waals surface area contributed by atoms with Gasteiger partial charge in [0.25, 0.3) is 0 Å². The molecule has 3 nitrogen and oxygen atoms in total. The first-order valence-electron chi connectivity index (χ1n) is 13.2. The zero-order chi connectivity index (χ0) is 26.6. The summed E-state index contributed by atoms with van der Waals surface area (Å²) in [5.74, 6) is 0. The highest BCUT2D eigenvalue weighted by atomic mass is 16.3. The van der Waals surface area contributed by atoms with Crippen LogP contribution in [0.15, 0.2) is 136 Å². The Morgan fingerprint density at radius 3 is 1.68 bits per heavy atom. The van der Waals surface area contributed by atoms with Crippen LogP contribution in [0, 0.1) is 11.3 Å². The van der Waals surface area contributed by atoms with Crippen LogP contribution in [0.2, 0.25) is 0 Å². The molecule has 40 heavy (non-hydrogen) atoms. The average Bonchev–Trinajstić information content (AvgIpc) is 3.58. The van der Waals surface area contributed by atoms with Crippen LogP contribution in [0.4, 0.5) is 0 Å². The van der Waals surface area contributed by atoms with Gasteiger partial charge < -0.3 is 8.83 Å². The van der Waals surface area contributed by atoms with Gasteiger partial charge in [0.05, 0.1) is 5.56 Å². The highest BCUT2D eigenvalue weighted by Crippen LogP contribution is 2.40. The monoisotopic (exact) mass is 511 g/mol. The van der Waals surface area contributed by atoms with E-state index in [4.69, 9.17) is 8.83 Å². The number of nitrogens with zero attached hydrogens (tertiary/aromatic N) is 1. The lowest BCUT2D eigenvalue weighted by molar-refractivity contribution is 0.668. The van der Waals surface area contributed by atoms with E-state index in [1.165, 1.54) is 0 Å². The first-order valence-corrected chi connectivity index (χ1v) is 13.2. The Kier molecular flexibility index (Phi) is 4.89. The standard InChI is InChI=1S/C37H21NO2/c38-22-33-30(24-15-17-36-32(18-24)28-11-5-7-13-35(28)39-36)19-26(23-8-2-1-3-9-23)20-31(33)25-14-16-29-27-10-4-6-12-34(27)40-37(29)21-25/h1-21H. The lowest BCUT2D eigenvalue weighted by atomic mass is 9.88. The zero-order valence-electron chi connectivity index (χ0n) is 21.4. The maximum atomic E-state index is 10.6. The van der Waals surface area contributed by atoms with Crippen molar-refractivity contribution >= 4 is 43.9 Å². The Bertz CT molecular complexity index is 2280. The normalized spacial score (nSPS) is 11.5. The molecule has 0 spiro atoms.